The van der Waals surface area contributed by atoms with Gasteiger partial charge < -0.3 is 8.85 Å². The van der Waals surface area contributed by atoms with Gasteiger partial charge in [0.05, 0.1) is 0 Å². The van der Waals surface area contributed by atoms with Gasteiger partial charge in [0.15, 0.2) is 0 Å². The Morgan fingerprint density at radius 1 is 0.667 bits per heavy atom. The molecule has 0 atom stereocenters. The van der Waals surface area contributed by atoms with Crippen molar-refractivity contribution in [1.82, 2.24) is 0 Å². The zero-order valence-electron chi connectivity index (χ0n) is 8.27. The van der Waals surface area contributed by atoms with Crippen LogP contribution in [0.2, 0.25) is 0 Å². The second kappa shape index (κ2) is 10.6. The molecular weight excluding hydrogens is 223 g/mol. The molecule has 0 aliphatic heterocycles. The predicted octanol–water partition coefficient (Wildman–Crippen LogP) is 3.37. The average Bonchev–Trinajstić information content (AvgIpc) is 2.67. The molecule has 0 unspecified atom stereocenters. The zero-order valence-corrected chi connectivity index (χ0v) is 9.73. The molecule has 0 fully saturated rings. The molecule has 0 saturated heterocycles. The van der Waals surface area contributed by atoms with Crippen LogP contribution in [0.1, 0.15) is 1.43 Å². The van der Waals surface area contributed by atoms with E-state index in [0.717, 1.165) is 0 Å². The van der Waals surface area contributed by atoms with Crippen LogP contribution in [-0.2, 0) is 26.2 Å². The maximum Gasteiger partial charge on any atom is 4.00 e. The summed E-state index contributed by atoms with van der Waals surface area (Å²) in [6, 6.07) is 20.0. The van der Waals surface area contributed by atoms with Crippen LogP contribution >= 0.6 is 0 Å². The molecule has 0 aliphatic rings. The summed E-state index contributed by atoms with van der Waals surface area (Å²) < 4.78 is 0. The summed E-state index contributed by atoms with van der Waals surface area (Å²) in [5.74, 6) is 0. The third-order valence-electron chi connectivity index (χ3n) is 1.11. The average molecular weight is 237 g/mol. The smallest absolute Gasteiger partial charge is 1.00 e. The van der Waals surface area contributed by atoms with E-state index in [-0.39, 0.29) is 35.1 Å². The fourth-order valence-electron chi connectivity index (χ4n) is 0.642. The van der Waals surface area contributed by atoms with Gasteiger partial charge in [0.25, 0.3) is 0 Å². The molecule has 0 saturated carbocycles. The van der Waals surface area contributed by atoms with E-state index in [4.69, 9.17) is 0 Å². The number of hydrogen-bond donors (Lipinski definition) is 0. The standard InChI is InChI=1S/2C5H5.CH3.Zr.H/c2*1-2-4-5-3-1;;;/h2*1-5H;1H3;;/q3*-1;+4;-1. The van der Waals surface area contributed by atoms with E-state index >= 15 is 0 Å². The van der Waals surface area contributed by atoms with Gasteiger partial charge in [-0.3, -0.25) is 0 Å². The SMILES string of the molecule is [CH3-].[H-].[Zr+4].c1cc[cH-]c1.c1cc[cH-]c1. The van der Waals surface area contributed by atoms with Crippen LogP contribution < -0.4 is 0 Å². The van der Waals surface area contributed by atoms with E-state index < -0.39 is 0 Å². The second-order valence-electron chi connectivity index (χ2n) is 1.92. The minimum atomic E-state index is 0. The van der Waals surface area contributed by atoms with Gasteiger partial charge in [-0.15, -0.1) is 0 Å². The first-order valence-corrected chi connectivity index (χ1v) is 3.33. The fourth-order valence-corrected chi connectivity index (χ4v) is 0.642. The molecule has 1 heteroatoms. The molecule has 2 aromatic rings. The Morgan fingerprint density at radius 3 is 1.00 bits per heavy atom. The van der Waals surface area contributed by atoms with E-state index in [1.807, 2.05) is 60.7 Å². The molecule has 0 heterocycles. The molecule has 0 N–H and O–H groups in total. The van der Waals surface area contributed by atoms with Crippen LogP contribution in [0.15, 0.2) is 60.7 Å². The summed E-state index contributed by atoms with van der Waals surface area (Å²) in [4.78, 5) is 0. The number of hydrogen-bond acceptors (Lipinski definition) is 0. The largest absolute Gasteiger partial charge is 4.00 e. The molecule has 0 aliphatic carbocycles. The molecule has 0 nitrogen and oxygen atoms in total. The van der Waals surface area contributed by atoms with Crippen LogP contribution in [0.5, 0.6) is 0 Å². The van der Waals surface area contributed by atoms with Crippen LogP contribution in [0.25, 0.3) is 0 Å². The normalized spacial score (nSPS) is 6.67. The summed E-state index contributed by atoms with van der Waals surface area (Å²) >= 11 is 0. The van der Waals surface area contributed by atoms with Gasteiger partial charge >= 0.3 is 26.2 Å². The van der Waals surface area contributed by atoms with Gasteiger partial charge in [0, 0.05) is 0 Å². The first-order valence-electron chi connectivity index (χ1n) is 3.33. The summed E-state index contributed by atoms with van der Waals surface area (Å²) in [7, 11) is 0. The summed E-state index contributed by atoms with van der Waals surface area (Å²) in [5, 5.41) is 0. The van der Waals surface area contributed by atoms with Crippen LogP contribution in [-0.4, -0.2) is 0 Å². The van der Waals surface area contributed by atoms with E-state index in [2.05, 4.69) is 0 Å². The van der Waals surface area contributed by atoms with Crippen molar-refractivity contribution in [3.05, 3.63) is 68.1 Å². The Bertz CT molecular complexity index is 149. The Hall–Kier alpha value is -0.417. The summed E-state index contributed by atoms with van der Waals surface area (Å²) in [6.45, 7) is 0. The van der Waals surface area contributed by atoms with Gasteiger partial charge in [-0.05, 0) is 0 Å². The van der Waals surface area contributed by atoms with Gasteiger partial charge in [-0.1, -0.05) is 0 Å². The number of rotatable bonds is 0. The molecule has 2 aromatic carbocycles. The summed E-state index contributed by atoms with van der Waals surface area (Å²) in [5.41, 5.74) is 0. The quantitative estimate of drug-likeness (QED) is 0.616. The maximum absolute atomic E-state index is 2.00. The van der Waals surface area contributed by atoms with Crippen LogP contribution in [0.4, 0.5) is 0 Å². The molecule has 62 valence electrons. The third kappa shape index (κ3) is 7.69. The minimum Gasteiger partial charge on any atom is -1.00 e. The predicted molar refractivity (Wildman–Crippen MR) is 51.6 cm³/mol. The van der Waals surface area contributed by atoms with Gasteiger partial charge in [-0.25, -0.2) is 24.3 Å². The van der Waals surface area contributed by atoms with E-state index in [1.165, 1.54) is 0 Å². The minimum absolute atomic E-state index is 0. The first-order chi connectivity index (χ1) is 5.00. The molecule has 0 radical (unpaired) electrons. The van der Waals surface area contributed by atoms with Gasteiger partial charge in [-0.2, -0.15) is 36.4 Å². The van der Waals surface area contributed by atoms with Crippen molar-refractivity contribution in [2.24, 2.45) is 0 Å². The van der Waals surface area contributed by atoms with Crippen LogP contribution in [0.3, 0.4) is 0 Å². The fraction of sp³-hybridized carbons (Fsp3) is 0. The molecular formula is C11H14Zr. The van der Waals surface area contributed by atoms with Crippen molar-refractivity contribution in [2.75, 3.05) is 0 Å². The van der Waals surface area contributed by atoms with Gasteiger partial charge in [0.1, 0.15) is 0 Å². The Balaban J connectivity index is -0.000000125. The van der Waals surface area contributed by atoms with E-state index in [9.17, 15) is 0 Å². The van der Waals surface area contributed by atoms with Crippen molar-refractivity contribution in [3.8, 4) is 0 Å². The van der Waals surface area contributed by atoms with Crippen molar-refractivity contribution in [3.63, 3.8) is 0 Å². The maximum atomic E-state index is 2.00. The van der Waals surface area contributed by atoms with Crippen molar-refractivity contribution in [2.45, 2.75) is 0 Å². The molecule has 2 rings (SSSR count). The monoisotopic (exact) mass is 236 g/mol. The first kappa shape index (κ1) is 14.1. The molecule has 0 aromatic heterocycles. The molecule has 0 spiro atoms. The Kier molecular flexibility index (Phi) is 12.5. The van der Waals surface area contributed by atoms with Crippen molar-refractivity contribution < 1.29 is 27.6 Å². The molecule has 0 amide bonds. The van der Waals surface area contributed by atoms with Crippen LogP contribution in [0, 0.1) is 7.43 Å². The topological polar surface area (TPSA) is 0 Å². The summed E-state index contributed by atoms with van der Waals surface area (Å²) in [6.07, 6.45) is 0. The Morgan fingerprint density at radius 2 is 0.917 bits per heavy atom. The van der Waals surface area contributed by atoms with E-state index in [0.29, 0.717) is 0 Å². The van der Waals surface area contributed by atoms with Gasteiger partial charge in [0.2, 0.25) is 0 Å². The van der Waals surface area contributed by atoms with Crippen molar-refractivity contribution in [1.29, 1.82) is 0 Å². The molecule has 12 heavy (non-hydrogen) atoms. The second-order valence-corrected chi connectivity index (χ2v) is 1.92. The van der Waals surface area contributed by atoms with Crippen molar-refractivity contribution >= 4 is 0 Å². The Labute approximate surface area is 95.6 Å². The third-order valence-corrected chi connectivity index (χ3v) is 1.11. The molecule has 0 bridgehead atoms. The van der Waals surface area contributed by atoms with E-state index in [1.54, 1.807) is 0 Å². The zero-order chi connectivity index (χ0) is 7.07.